The number of pyridine rings is 1. The van der Waals surface area contributed by atoms with Gasteiger partial charge in [-0.15, -0.1) is 6.58 Å². The van der Waals surface area contributed by atoms with Gasteiger partial charge in [0.25, 0.3) is 0 Å². The number of aromatic nitrogens is 1. The van der Waals surface area contributed by atoms with Crippen LogP contribution in [0.4, 0.5) is 0 Å². The molecular formula is C26H27Cl2N2O+. The first-order chi connectivity index (χ1) is 15.0. The molecule has 6 rings (SSSR count). The summed E-state index contributed by atoms with van der Waals surface area (Å²) < 4.78 is 0.850. The van der Waals surface area contributed by atoms with E-state index in [1.165, 1.54) is 6.42 Å². The van der Waals surface area contributed by atoms with E-state index in [2.05, 4.69) is 29.8 Å². The number of nitrogens with zero attached hydrogens (tertiary/aromatic N) is 2. The average molecular weight is 454 g/mol. The second kappa shape index (κ2) is 8.22. The molecule has 3 nitrogen and oxygen atoms in total. The number of piperidine rings is 3. The van der Waals surface area contributed by atoms with Crippen LogP contribution in [0.25, 0.3) is 10.9 Å². The van der Waals surface area contributed by atoms with Crippen molar-refractivity contribution in [2.75, 3.05) is 13.1 Å². The lowest BCUT2D eigenvalue weighted by molar-refractivity contribution is -0.984. The van der Waals surface area contributed by atoms with Crippen LogP contribution >= 0.6 is 23.2 Å². The lowest BCUT2D eigenvalue weighted by Crippen LogP contribution is -2.67. The highest BCUT2D eigenvalue weighted by molar-refractivity contribution is 6.42. The first-order valence-electron chi connectivity index (χ1n) is 10.9. The van der Waals surface area contributed by atoms with Crippen LogP contribution in [-0.4, -0.2) is 33.7 Å². The molecule has 0 spiro atoms. The summed E-state index contributed by atoms with van der Waals surface area (Å²) in [6, 6.07) is 16.1. The molecule has 1 aromatic heterocycles. The number of halogens is 2. The van der Waals surface area contributed by atoms with Crippen LogP contribution in [0.2, 0.25) is 10.0 Å². The van der Waals surface area contributed by atoms with E-state index in [1.807, 2.05) is 42.6 Å². The molecule has 5 atom stereocenters. The summed E-state index contributed by atoms with van der Waals surface area (Å²) in [5.41, 5.74) is 3.06. The maximum atomic E-state index is 11.7. The van der Waals surface area contributed by atoms with Crippen LogP contribution in [0, 0.1) is 11.8 Å². The van der Waals surface area contributed by atoms with Crippen molar-refractivity contribution in [1.29, 1.82) is 0 Å². The number of benzene rings is 2. The topological polar surface area (TPSA) is 33.1 Å². The Morgan fingerprint density at radius 3 is 2.81 bits per heavy atom. The van der Waals surface area contributed by atoms with Crippen LogP contribution in [0.5, 0.6) is 0 Å². The Bertz CT molecular complexity index is 1130. The third-order valence-corrected chi connectivity index (χ3v) is 8.26. The molecule has 2 bridgehead atoms. The van der Waals surface area contributed by atoms with Crippen LogP contribution in [0.15, 0.2) is 67.4 Å². The molecule has 4 heterocycles. The van der Waals surface area contributed by atoms with Gasteiger partial charge >= 0.3 is 0 Å². The minimum absolute atomic E-state index is 0.121. The summed E-state index contributed by atoms with van der Waals surface area (Å²) in [7, 11) is 0. The van der Waals surface area contributed by atoms with Gasteiger partial charge in [-0.05, 0) is 35.7 Å². The van der Waals surface area contributed by atoms with E-state index in [1.54, 1.807) is 0 Å². The Hall–Kier alpha value is -1.91. The van der Waals surface area contributed by atoms with Gasteiger partial charge in [-0.25, -0.2) is 0 Å². The van der Waals surface area contributed by atoms with Crippen LogP contribution < -0.4 is 0 Å². The predicted octanol–water partition coefficient (Wildman–Crippen LogP) is 6.19. The van der Waals surface area contributed by atoms with Gasteiger partial charge in [0.2, 0.25) is 0 Å². The van der Waals surface area contributed by atoms with E-state index >= 15 is 0 Å². The summed E-state index contributed by atoms with van der Waals surface area (Å²) in [6.45, 7) is 7.00. The SMILES string of the molecule is C=C[C@H]1C[N+]2(Cc3ccc(Cl)c(Cl)c3)CC[C@H]1C[C@H]2[C@H](O)c1ccnc2ccccc12. The molecule has 1 N–H and O–H groups in total. The van der Waals surface area contributed by atoms with Crippen molar-refractivity contribution in [2.45, 2.75) is 31.5 Å². The molecule has 1 unspecified atom stereocenters. The first-order valence-corrected chi connectivity index (χ1v) is 11.7. The Labute approximate surface area is 193 Å². The van der Waals surface area contributed by atoms with Crippen LogP contribution in [0.3, 0.4) is 0 Å². The molecule has 5 heteroatoms. The Balaban J connectivity index is 1.55. The van der Waals surface area contributed by atoms with E-state index in [4.69, 9.17) is 23.2 Å². The van der Waals surface area contributed by atoms with Gasteiger partial charge in [-0.1, -0.05) is 53.5 Å². The lowest BCUT2D eigenvalue weighted by atomic mass is 9.71. The van der Waals surface area contributed by atoms with Crippen molar-refractivity contribution < 1.29 is 9.59 Å². The normalized spacial score (nSPS) is 28.5. The zero-order chi connectivity index (χ0) is 21.6. The number of hydrogen-bond donors (Lipinski definition) is 1. The number of hydrogen-bond acceptors (Lipinski definition) is 2. The van der Waals surface area contributed by atoms with Crippen LogP contribution in [-0.2, 0) is 6.54 Å². The second-order valence-corrected chi connectivity index (χ2v) is 9.96. The zero-order valence-electron chi connectivity index (χ0n) is 17.4. The Kier molecular flexibility index (Phi) is 5.56. The van der Waals surface area contributed by atoms with Gasteiger partial charge in [0.05, 0.1) is 28.7 Å². The molecule has 160 valence electrons. The van der Waals surface area contributed by atoms with E-state index < -0.39 is 6.10 Å². The molecule has 3 saturated heterocycles. The van der Waals surface area contributed by atoms with E-state index in [0.717, 1.165) is 52.6 Å². The van der Waals surface area contributed by atoms with E-state index in [9.17, 15) is 5.11 Å². The molecule has 31 heavy (non-hydrogen) atoms. The fourth-order valence-corrected chi connectivity index (χ4v) is 6.29. The molecule has 0 aliphatic carbocycles. The highest BCUT2D eigenvalue weighted by Gasteiger charge is 2.54. The van der Waals surface area contributed by atoms with Gasteiger partial charge in [0, 0.05) is 35.9 Å². The second-order valence-electron chi connectivity index (χ2n) is 9.14. The summed E-state index contributed by atoms with van der Waals surface area (Å²) >= 11 is 12.5. The summed E-state index contributed by atoms with van der Waals surface area (Å²) in [5, 5.41) is 13.9. The number of rotatable bonds is 5. The summed E-state index contributed by atoms with van der Waals surface area (Å²) in [4.78, 5) is 4.49. The number of aliphatic hydroxyl groups excluding tert-OH is 1. The van der Waals surface area contributed by atoms with Crippen LogP contribution in [0.1, 0.15) is 30.1 Å². The monoisotopic (exact) mass is 453 g/mol. The number of aliphatic hydroxyl groups is 1. The third-order valence-electron chi connectivity index (χ3n) is 7.52. The maximum Gasteiger partial charge on any atom is 0.131 e. The lowest BCUT2D eigenvalue weighted by Gasteiger charge is -2.58. The Morgan fingerprint density at radius 1 is 1.16 bits per heavy atom. The largest absolute Gasteiger partial charge is 0.382 e. The number of quaternary nitrogens is 1. The third kappa shape index (κ3) is 3.68. The van der Waals surface area contributed by atoms with Gasteiger partial charge in [0.1, 0.15) is 18.7 Å². The molecule has 2 aromatic carbocycles. The minimum Gasteiger partial charge on any atom is -0.382 e. The molecule has 0 saturated carbocycles. The molecular weight excluding hydrogens is 427 g/mol. The smallest absolute Gasteiger partial charge is 0.131 e. The Morgan fingerprint density at radius 2 is 2.00 bits per heavy atom. The fraction of sp³-hybridized carbons (Fsp3) is 0.346. The highest BCUT2D eigenvalue weighted by Crippen LogP contribution is 2.48. The van der Waals surface area contributed by atoms with Crippen molar-refractivity contribution in [3.8, 4) is 0 Å². The number of fused-ring (bicyclic) bond motifs is 4. The molecule has 0 amide bonds. The van der Waals surface area contributed by atoms with E-state index in [-0.39, 0.29) is 6.04 Å². The molecule has 3 aliphatic rings. The standard InChI is InChI=1S/C26H27Cl2N2O/c1-2-18-16-30(15-17-7-8-22(27)23(28)13-17)12-10-19(18)14-25(30)26(31)21-9-11-29-24-6-4-3-5-20(21)24/h2-9,11,13,18-19,25-26,31H,1,10,12,14-16H2/q+1/t18-,19-,25-,26+,30?/m0/s1. The first kappa shape index (κ1) is 21.0. The predicted molar refractivity (Wildman–Crippen MR) is 127 cm³/mol. The van der Waals surface area contributed by atoms with Gasteiger partial charge in [-0.3, -0.25) is 4.98 Å². The molecule has 3 aromatic rings. The molecule has 3 fully saturated rings. The van der Waals surface area contributed by atoms with Gasteiger partial charge in [0.15, 0.2) is 0 Å². The quantitative estimate of drug-likeness (QED) is 0.369. The minimum atomic E-state index is -0.552. The van der Waals surface area contributed by atoms with E-state index in [0.29, 0.717) is 21.9 Å². The van der Waals surface area contributed by atoms with Crippen molar-refractivity contribution in [3.05, 3.63) is 88.6 Å². The molecule has 0 radical (unpaired) electrons. The van der Waals surface area contributed by atoms with Gasteiger partial charge in [-0.2, -0.15) is 0 Å². The van der Waals surface area contributed by atoms with Crippen molar-refractivity contribution >= 4 is 34.1 Å². The zero-order valence-corrected chi connectivity index (χ0v) is 18.9. The number of para-hydroxylation sites is 1. The molecule has 3 aliphatic heterocycles. The fourth-order valence-electron chi connectivity index (χ4n) is 5.97. The van der Waals surface area contributed by atoms with Crippen molar-refractivity contribution in [1.82, 2.24) is 4.98 Å². The summed E-state index contributed by atoms with van der Waals surface area (Å²) in [6.07, 6.45) is 5.54. The maximum absolute atomic E-state index is 11.7. The van der Waals surface area contributed by atoms with Gasteiger partial charge < -0.3 is 9.59 Å². The average Bonchev–Trinajstić information content (AvgIpc) is 2.80. The highest BCUT2D eigenvalue weighted by atomic mass is 35.5. The van der Waals surface area contributed by atoms with Crippen molar-refractivity contribution in [2.24, 2.45) is 11.8 Å². The van der Waals surface area contributed by atoms with Crippen molar-refractivity contribution in [3.63, 3.8) is 0 Å². The summed E-state index contributed by atoms with van der Waals surface area (Å²) in [5.74, 6) is 1.06.